The Morgan fingerprint density at radius 1 is 1.28 bits per heavy atom. The van der Waals surface area contributed by atoms with Crippen molar-refractivity contribution in [2.24, 2.45) is 0 Å². The molecule has 18 heavy (non-hydrogen) atoms. The van der Waals surface area contributed by atoms with Gasteiger partial charge in [0.1, 0.15) is 6.61 Å². The molecule has 0 unspecified atom stereocenters. The van der Waals surface area contributed by atoms with E-state index in [1.807, 2.05) is 36.5 Å². The lowest BCUT2D eigenvalue weighted by atomic mass is 10.2. The first-order valence-electron chi connectivity index (χ1n) is 5.72. The number of H-pyrrole nitrogens is 1. The van der Waals surface area contributed by atoms with E-state index in [4.69, 9.17) is 4.74 Å². The quantitative estimate of drug-likeness (QED) is 0.663. The molecule has 0 atom stereocenters. The third-order valence-corrected chi connectivity index (χ3v) is 3.61. The number of thioether (sulfide) groups is 1. The highest BCUT2D eigenvalue weighted by atomic mass is 32.2. The second-order valence-electron chi connectivity index (χ2n) is 3.87. The zero-order chi connectivity index (χ0) is 12.8. The summed E-state index contributed by atoms with van der Waals surface area (Å²) in [7, 11) is 0. The molecule has 4 heteroatoms. The van der Waals surface area contributed by atoms with E-state index in [2.05, 4.69) is 11.1 Å². The van der Waals surface area contributed by atoms with Crippen molar-refractivity contribution < 1.29 is 9.53 Å². The van der Waals surface area contributed by atoms with E-state index in [0.29, 0.717) is 6.61 Å². The number of nitrogens with one attached hydrogen (secondary N) is 1. The summed E-state index contributed by atoms with van der Waals surface area (Å²) in [4.78, 5) is 15.2. The summed E-state index contributed by atoms with van der Waals surface area (Å²) in [5.41, 5.74) is 2.23. The molecule has 0 amide bonds. The van der Waals surface area contributed by atoms with Crippen LogP contribution in [-0.2, 0) is 21.9 Å². The number of rotatable bonds is 5. The predicted octanol–water partition coefficient (Wildman–Crippen LogP) is 3.37. The molecule has 0 aliphatic heterocycles. The summed E-state index contributed by atoms with van der Waals surface area (Å²) < 4.78 is 5.05. The number of carbonyl (C=O) groups excluding carboxylic acids is 1. The second kappa shape index (κ2) is 6.31. The van der Waals surface area contributed by atoms with Crippen LogP contribution in [0.5, 0.6) is 0 Å². The normalized spacial score (nSPS) is 10.3. The molecule has 0 spiro atoms. The number of esters is 1. The number of ether oxygens (including phenoxy) is 1. The lowest BCUT2D eigenvalue weighted by Gasteiger charge is -2.08. The number of aromatic amines is 1. The highest BCUT2D eigenvalue weighted by molar-refractivity contribution is 7.98. The summed E-state index contributed by atoms with van der Waals surface area (Å²) in [6.07, 6.45) is 1.92. The molecule has 0 aliphatic rings. The van der Waals surface area contributed by atoms with Crippen LogP contribution in [-0.4, -0.2) is 11.0 Å². The van der Waals surface area contributed by atoms with Crippen molar-refractivity contribution in [3.63, 3.8) is 0 Å². The Morgan fingerprint density at radius 3 is 2.83 bits per heavy atom. The van der Waals surface area contributed by atoms with E-state index in [9.17, 15) is 4.79 Å². The Balaban J connectivity index is 2.00. The molecule has 2 aromatic rings. The van der Waals surface area contributed by atoms with Crippen LogP contribution in [0.4, 0.5) is 0 Å². The minimum absolute atomic E-state index is 0.251. The third kappa shape index (κ3) is 3.67. The Bertz CT molecular complexity index is 508. The minimum Gasteiger partial charge on any atom is -0.461 e. The van der Waals surface area contributed by atoms with Crippen LogP contribution in [0.2, 0.25) is 0 Å². The van der Waals surface area contributed by atoms with Gasteiger partial charge in [0.2, 0.25) is 0 Å². The highest BCUT2D eigenvalue weighted by Crippen LogP contribution is 2.26. The van der Waals surface area contributed by atoms with Crippen LogP contribution in [0, 0.1) is 0 Å². The zero-order valence-corrected chi connectivity index (χ0v) is 11.0. The smallest absolute Gasteiger partial charge is 0.302 e. The second-order valence-corrected chi connectivity index (χ2v) is 4.89. The minimum atomic E-state index is -0.251. The van der Waals surface area contributed by atoms with Crippen LogP contribution >= 0.6 is 11.8 Å². The maximum Gasteiger partial charge on any atom is 0.302 e. The highest BCUT2D eigenvalue weighted by Gasteiger charge is 2.04. The Kier molecular flexibility index (Phi) is 4.47. The average molecular weight is 261 g/mol. The Labute approximate surface area is 111 Å². The van der Waals surface area contributed by atoms with Crippen LogP contribution in [0.3, 0.4) is 0 Å². The first-order valence-corrected chi connectivity index (χ1v) is 6.70. The molecule has 0 radical (unpaired) electrons. The van der Waals surface area contributed by atoms with Crippen molar-refractivity contribution in [1.82, 2.24) is 4.98 Å². The predicted molar refractivity (Wildman–Crippen MR) is 72.3 cm³/mol. The van der Waals surface area contributed by atoms with E-state index in [0.717, 1.165) is 16.2 Å². The summed E-state index contributed by atoms with van der Waals surface area (Å²) in [5, 5.41) is 0. The van der Waals surface area contributed by atoms with Crippen molar-refractivity contribution in [2.45, 2.75) is 24.2 Å². The first kappa shape index (κ1) is 12.8. The van der Waals surface area contributed by atoms with E-state index in [1.54, 1.807) is 11.8 Å². The van der Waals surface area contributed by atoms with Crippen molar-refractivity contribution in [1.29, 1.82) is 0 Å². The molecule has 1 aromatic carbocycles. The van der Waals surface area contributed by atoms with Gasteiger partial charge in [0.05, 0.1) is 0 Å². The number of carbonyl (C=O) groups is 1. The van der Waals surface area contributed by atoms with Crippen LogP contribution < -0.4 is 0 Å². The zero-order valence-electron chi connectivity index (χ0n) is 10.2. The summed E-state index contributed by atoms with van der Waals surface area (Å²) >= 11 is 1.73. The SMILES string of the molecule is CC(=O)OCc1ccccc1SCc1ccc[nH]1. The molecule has 94 valence electrons. The van der Waals surface area contributed by atoms with Gasteiger partial charge >= 0.3 is 5.97 Å². The lowest BCUT2D eigenvalue weighted by Crippen LogP contribution is -1.99. The van der Waals surface area contributed by atoms with Gasteiger partial charge in [-0.3, -0.25) is 4.79 Å². The summed E-state index contributed by atoms with van der Waals surface area (Å²) in [6.45, 7) is 1.76. The molecular formula is C14H15NO2S. The van der Waals surface area contributed by atoms with Crippen molar-refractivity contribution in [3.05, 3.63) is 53.9 Å². The number of hydrogen-bond donors (Lipinski definition) is 1. The van der Waals surface area contributed by atoms with E-state index >= 15 is 0 Å². The molecule has 0 aliphatic carbocycles. The standard InChI is InChI=1S/C14H15NO2S/c1-11(16)17-9-12-5-2-3-7-14(12)18-10-13-6-4-8-15-13/h2-8,15H,9-10H2,1H3. The van der Waals surface area contributed by atoms with Gasteiger partial charge in [-0.15, -0.1) is 11.8 Å². The van der Waals surface area contributed by atoms with Gasteiger partial charge in [0.15, 0.2) is 0 Å². The Morgan fingerprint density at radius 2 is 2.11 bits per heavy atom. The molecule has 3 nitrogen and oxygen atoms in total. The molecular weight excluding hydrogens is 246 g/mol. The average Bonchev–Trinajstić information content (AvgIpc) is 2.88. The molecule has 0 saturated carbocycles. The maximum absolute atomic E-state index is 10.8. The fourth-order valence-corrected chi connectivity index (χ4v) is 2.53. The fourth-order valence-electron chi connectivity index (χ4n) is 1.56. The summed E-state index contributed by atoms with van der Waals surface area (Å²) in [6, 6.07) is 12.0. The van der Waals surface area contributed by atoms with Gasteiger partial charge in [-0.25, -0.2) is 0 Å². The molecule has 1 aromatic heterocycles. The van der Waals surface area contributed by atoms with Gasteiger partial charge in [0.25, 0.3) is 0 Å². The summed E-state index contributed by atoms with van der Waals surface area (Å²) in [5.74, 6) is 0.628. The van der Waals surface area contributed by atoms with Gasteiger partial charge < -0.3 is 9.72 Å². The number of benzene rings is 1. The largest absolute Gasteiger partial charge is 0.461 e. The lowest BCUT2D eigenvalue weighted by molar-refractivity contribution is -0.142. The number of hydrogen-bond acceptors (Lipinski definition) is 3. The fraction of sp³-hybridized carbons (Fsp3) is 0.214. The number of aromatic nitrogens is 1. The van der Waals surface area contributed by atoms with Crippen LogP contribution in [0.15, 0.2) is 47.5 Å². The molecule has 0 bridgehead atoms. The molecule has 1 heterocycles. The third-order valence-electron chi connectivity index (χ3n) is 2.45. The van der Waals surface area contributed by atoms with Gasteiger partial charge in [-0.2, -0.15) is 0 Å². The van der Waals surface area contributed by atoms with E-state index < -0.39 is 0 Å². The van der Waals surface area contributed by atoms with E-state index in [1.165, 1.54) is 12.6 Å². The Hall–Kier alpha value is -1.68. The van der Waals surface area contributed by atoms with Crippen LogP contribution in [0.25, 0.3) is 0 Å². The molecule has 2 rings (SSSR count). The monoisotopic (exact) mass is 261 g/mol. The van der Waals surface area contributed by atoms with Crippen molar-refractivity contribution >= 4 is 17.7 Å². The maximum atomic E-state index is 10.8. The van der Waals surface area contributed by atoms with Gasteiger partial charge in [-0.1, -0.05) is 18.2 Å². The van der Waals surface area contributed by atoms with Gasteiger partial charge in [0, 0.05) is 35.0 Å². The molecule has 0 fully saturated rings. The van der Waals surface area contributed by atoms with E-state index in [-0.39, 0.29) is 5.97 Å². The van der Waals surface area contributed by atoms with Gasteiger partial charge in [-0.05, 0) is 18.2 Å². The molecule has 1 N–H and O–H groups in total. The first-order chi connectivity index (χ1) is 8.75. The molecule has 0 saturated heterocycles. The topological polar surface area (TPSA) is 42.1 Å². The van der Waals surface area contributed by atoms with Crippen molar-refractivity contribution in [2.75, 3.05) is 0 Å². The van der Waals surface area contributed by atoms with Crippen molar-refractivity contribution in [3.8, 4) is 0 Å². The van der Waals surface area contributed by atoms with Crippen LogP contribution in [0.1, 0.15) is 18.2 Å².